The number of hydrogen-bond donors (Lipinski definition) is 1. The number of pyridine rings is 1. The molecule has 0 bridgehead atoms. The van der Waals surface area contributed by atoms with Crippen LogP contribution in [0.3, 0.4) is 0 Å². The molecular weight excluding hydrogens is 326 g/mol. The first kappa shape index (κ1) is 16.1. The normalized spacial score (nSPS) is 10.9. The van der Waals surface area contributed by atoms with E-state index in [2.05, 4.69) is 42.7 Å². The minimum Gasteiger partial charge on any atom is -0.349 e. The number of carbonyl (C=O) groups excluding carboxylic acids is 1. The molecule has 3 aromatic heterocycles. The van der Waals surface area contributed by atoms with Crippen molar-refractivity contribution in [1.82, 2.24) is 24.4 Å². The smallest absolute Gasteiger partial charge is 0.269 e. The Morgan fingerprint density at radius 2 is 1.96 bits per heavy atom. The van der Waals surface area contributed by atoms with Gasteiger partial charge in [0.25, 0.3) is 5.91 Å². The van der Waals surface area contributed by atoms with E-state index < -0.39 is 0 Å². The van der Waals surface area contributed by atoms with Gasteiger partial charge in [0, 0.05) is 48.8 Å². The topological polar surface area (TPSA) is 64.7 Å². The molecule has 0 unspecified atom stereocenters. The van der Waals surface area contributed by atoms with Gasteiger partial charge in [0.2, 0.25) is 0 Å². The molecule has 0 aliphatic heterocycles. The lowest BCUT2D eigenvalue weighted by Crippen LogP contribution is -2.27. The van der Waals surface area contributed by atoms with Crippen LogP contribution in [0.15, 0.2) is 73.6 Å². The Morgan fingerprint density at radius 1 is 1.08 bits per heavy atom. The van der Waals surface area contributed by atoms with Crippen molar-refractivity contribution in [2.75, 3.05) is 6.54 Å². The summed E-state index contributed by atoms with van der Waals surface area (Å²) in [5, 5.41) is 4.15. The van der Waals surface area contributed by atoms with Gasteiger partial charge in [0.15, 0.2) is 0 Å². The van der Waals surface area contributed by atoms with Gasteiger partial charge in [0.05, 0.1) is 12.9 Å². The number of carbonyl (C=O) groups is 1. The number of nitrogens with zero attached hydrogens (tertiary/aromatic N) is 4. The first-order chi connectivity index (χ1) is 12.8. The summed E-state index contributed by atoms with van der Waals surface area (Å²) in [6.45, 7) is 2.01. The summed E-state index contributed by atoms with van der Waals surface area (Å²) in [6.07, 6.45) is 9.33. The molecule has 6 heteroatoms. The van der Waals surface area contributed by atoms with Gasteiger partial charge in [-0.15, -0.1) is 0 Å². The summed E-state index contributed by atoms with van der Waals surface area (Å²) in [5.41, 5.74) is 2.83. The molecule has 1 aromatic carbocycles. The lowest BCUT2D eigenvalue weighted by Gasteiger charge is -2.07. The first-order valence-electron chi connectivity index (χ1n) is 8.53. The van der Waals surface area contributed by atoms with E-state index in [1.165, 1.54) is 10.9 Å². The number of aromatic nitrogens is 4. The van der Waals surface area contributed by atoms with Gasteiger partial charge in [-0.1, -0.05) is 24.3 Å². The molecule has 1 amide bonds. The molecule has 0 atom stereocenters. The predicted molar refractivity (Wildman–Crippen MR) is 99.8 cm³/mol. The fourth-order valence-electron chi connectivity index (χ4n) is 3.09. The quantitative estimate of drug-likeness (QED) is 0.584. The van der Waals surface area contributed by atoms with E-state index in [0.717, 1.165) is 12.1 Å². The maximum absolute atomic E-state index is 12.1. The van der Waals surface area contributed by atoms with Crippen LogP contribution in [0, 0.1) is 0 Å². The van der Waals surface area contributed by atoms with Crippen LogP contribution in [0.4, 0.5) is 0 Å². The predicted octanol–water partition coefficient (Wildman–Crippen LogP) is 2.71. The molecule has 0 saturated carbocycles. The maximum Gasteiger partial charge on any atom is 0.269 e. The van der Waals surface area contributed by atoms with Gasteiger partial charge in [-0.05, 0) is 23.8 Å². The fourth-order valence-corrected chi connectivity index (χ4v) is 3.09. The number of hydrogen-bond acceptors (Lipinski definition) is 3. The highest BCUT2D eigenvalue weighted by molar-refractivity contribution is 5.92. The lowest BCUT2D eigenvalue weighted by atomic mass is 10.2. The van der Waals surface area contributed by atoms with E-state index >= 15 is 0 Å². The first-order valence-corrected chi connectivity index (χ1v) is 8.53. The number of para-hydroxylation sites is 1. The van der Waals surface area contributed by atoms with Crippen molar-refractivity contribution in [3.05, 3.63) is 84.8 Å². The largest absolute Gasteiger partial charge is 0.349 e. The van der Waals surface area contributed by atoms with Gasteiger partial charge in [0.1, 0.15) is 5.69 Å². The van der Waals surface area contributed by atoms with Crippen molar-refractivity contribution in [1.29, 1.82) is 0 Å². The third-order valence-electron chi connectivity index (χ3n) is 4.32. The summed E-state index contributed by atoms with van der Waals surface area (Å²) < 4.78 is 4.23. The maximum atomic E-state index is 12.1. The minimum absolute atomic E-state index is 0.152. The highest BCUT2D eigenvalue weighted by Crippen LogP contribution is 2.22. The highest BCUT2D eigenvalue weighted by atomic mass is 16.1. The van der Waals surface area contributed by atoms with Crippen LogP contribution >= 0.6 is 0 Å². The van der Waals surface area contributed by atoms with Crippen molar-refractivity contribution in [3.63, 3.8) is 0 Å². The van der Waals surface area contributed by atoms with Crippen LogP contribution in [-0.2, 0) is 13.1 Å². The number of amides is 1. The van der Waals surface area contributed by atoms with Crippen molar-refractivity contribution in [2.24, 2.45) is 0 Å². The number of fused-ring (bicyclic) bond motifs is 1. The average Bonchev–Trinajstić information content (AvgIpc) is 3.32. The van der Waals surface area contributed by atoms with E-state index in [9.17, 15) is 4.79 Å². The second kappa shape index (κ2) is 7.23. The van der Waals surface area contributed by atoms with Gasteiger partial charge in [-0.2, -0.15) is 0 Å². The monoisotopic (exact) mass is 345 g/mol. The number of rotatable bonds is 6. The summed E-state index contributed by atoms with van der Waals surface area (Å²) in [7, 11) is 0. The molecular formula is C20H19N5O. The Morgan fingerprint density at radius 3 is 2.77 bits per heavy atom. The van der Waals surface area contributed by atoms with Gasteiger partial charge >= 0.3 is 0 Å². The molecule has 130 valence electrons. The fraction of sp³-hybridized carbons (Fsp3) is 0.150. The third kappa shape index (κ3) is 3.35. The van der Waals surface area contributed by atoms with E-state index in [-0.39, 0.29) is 5.91 Å². The van der Waals surface area contributed by atoms with E-state index in [1.807, 2.05) is 30.7 Å². The summed E-state index contributed by atoms with van der Waals surface area (Å²) in [6, 6.07) is 13.6. The van der Waals surface area contributed by atoms with Crippen LogP contribution in [0.1, 0.15) is 16.1 Å². The average molecular weight is 345 g/mol. The Hall–Kier alpha value is -3.41. The molecule has 0 aliphatic rings. The molecule has 4 aromatic rings. The SMILES string of the molecule is O=C(NCCn1cc(Cn2ccnc2)c2ccccc21)c1ccccn1. The third-order valence-corrected chi connectivity index (χ3v) is 4.32. The van der Waals surface area contributed by atoms with E-state index in [0.29, 0.717) is 18.8 Å². The second-order valence-electron chi connectivity index (χ2n) is 6.07. The number of nitrogens with one attached hydrogen (secondary N) is 1. The van der Waals surface area contributed by atoms with Gasteiger partial charge in [-0.3, -0.25) is 9.78 Å². The van der Waals surface area contributed by atoms with Crippen LogP contribution < -0.4 is 5.32 Å². The Labute approximate surface area is 151 Å². The number of benzene rings is 1. The molecule has 3 heterocycles. The van der Waals surface area contributed by atoms with Crippen LogP contribution in [0.2, 0.25) is 0 Å². The molecule has 0 radical (unpaired) electrons. The summed E-state index contributed by atoms with van der Waals surface area (Å²) in [5.74, 6) is -0.152. The van der Waals surface area contributed by atoms with Crippen LogP contribution in [-0.4, -0.2) is 31.6 Å². The van der Waals surface area contributed by atoms with E-state index in [4.69, 9.17) is 0 Å². The molecule has 1 N–H and O–H groups in total. The van der Waals surface area contributed by atoms with Gasteiger partial charge in [-0.25, -0.2) is 4.98 Å². The summed E-state index contributed by atoms with van der Waals surface area (Å²) in [4.78, 5) is 20.3. The summed E-state index contributed by atoms with van der Waals surface area (Å²) >= 11 is 0. The lowest BCUT2D eigenvalue weighted by molar-refractivity contribution is 0.0947. The standard InChI is InChI=1S/C20H19N5O/c26-20(18-6-3-4-8-22-18)23-10-12-25-14-16(13-24-11-9-21-15-24)17-5-1-2-7-19(17)25/h1-9,11,14-15H,10,12-13H2,(H,23,26). The number of imidazole rings is 1. The van der Waals surface area contributed by atoms with E-state index in [1.54, 1.807) is 24.5 Å². The van der Waals surface area contributed by atoms with Crippen molar-refractivity contribution < 1.29 is 4.79 Å². The van der Waals surface area contributed by atoms with Gasteiger partial charge < -0.3 is 14.5 Å². The molecule has 0 aliphatic carbocycles. The van der Waals surface area contributed by atoms with Crippen LogP contribution in [0.25, 0.3) is 10.9 Å². The van der Waals surface area contributed by atoms with Crippen molar-refractivity contribution in [3.8, 4) is 0 Å². The second-order valence-corrected chi connectivity index (χ2v) is 6.07. The Kier molecular flexibility index (Phi) is 4.47. The molecule has 0 saturated heterocycles. The molecule has 0 fully saturated rings. The van der Waals surface area contributed by atoms with Crippen molar-refractivity contribution in [2.45, 2.75) is 13.1 Å². The Bertz CT molecular complexity index is 1010. The van der Waals surface area contributed by atoms with Crippen LogP contribution in [0.5, 0.6) is 0 Å². The molecule has 26 heavy (non-hydrogen) atoms. The zero-order valence-electron chi connectivity index (χ0n) is 14.2. The molecule has 4 rings (SSSR count). The molecule has 0 spiro atoms. The zero-order valence-corrected chi connectivity index (χ0v) is 14.2. The Balaban J connectivity index is 1.49. The zero-order chi connectivity index (χ0) is 17.8. The van der Waals surface area contributed by atoms with Crippen molar-refractivity contribution >= 4 is 16.8 Å². The minimum atomic E-state index is -0.152. The highest BCUT2D eigenvalue weighted by Gasteiger charge is 2.10. The molecule has 6 nitrogen and oxygen atoms in total.